The van der Waals surface area contributed by atoms with Gasteiger partial charge >= 0.3 is 0 Å². The van der Waals surface area contributed by atoms with Gasteiger partial charge in [-0.3, -0.25) is 11.3 Å². The van der Waals surface area contributed by atoms with E-state index in [0.29, 0.717) is 22.4 Å². The van der Waals surface area contributed by atoms with Crippen LogP contribution >= 0.6 is 11.6 Å². The van der Waals surface area contributed by atoms with Crippen molar-refractivity contribution in [2.24, 2.45) is 11.8 Å². The van der Waals surface area contributed by atoms with Gasteiger partial charge in [-0.25, -0.2) is 0 Å². The molecule has 0 aromatic heterocycles. The van der Waals surface area contributed by atoms with Crippen molar-refractivity contribution in [2.45, 2.75) is 25.3 Å². The summed E-state index contributed by atoms with van der Waals surface area (Å²) in [5.41, 5.74) is 3.93. The average Bonchev–Trinajstić information content (AvgIpc) is 2.32. The summed E-state index contributed by atoms with van der Waals surface area (Å²) in [4.78, 5) is 0. The highest BCUT2D eigenvalue weighted by molar-refractivity contribution is 6.32. The van der Waals surface area contributed by atoms with Crippen LogP contribution in [-0.2, 0) is 0 Å². The predicted octanol–water partition coefficient (Wildman–Crippen LogP) is 2.66. The number of methoxy groups -OCH3 is 2. The molecule has 1 aromatic rings. The molecule has 4 nitrogen and oxygen atoms in total. The number of rotatable bonds is 5. The van der Waals surface area contributed by atoms with Gasteiger partial charge in [0.2, 0.25) is 0 Å². The largest absolute Gasteiger partial charge is 0.493 e. The van der Waals surface area contributed by atoms with Crippen LogP contribution in [0.4, 0.5) is 0 Å². The van der Waals surface area contributed by atoms with E-state index in [2.05, 4.69) is 5.43 Å². The molecule has 1 unspecified atom stereocenters. The maximum Gasteiger partial charge on any atom is 0.179 e. The van der Waals surface area contributed by atoms with E-state index in [4.69, 9.17) is 26.9 Å². The van der Waals surface area contributed by atoms with E-state index in [9.17, 15) is 0 Å². The molecular formula is C13H19ClN2O2. The molecule has 100 valence electrons. The van der Waals surface area contributed by atoms with Crippen LogP contribution in [0.1, 0.15) is 30.9 Å². The third kappa shape index (κ3) is 2.41. The maximum atomic E-state index is 6.21. The zero-order valence-corrected chi connectivity index (χ0v) is 11.5. The first-order valence-electron chi connectivity index (χ1n) is 6.08. The van der Waals surface area contributed by atoms with E-state index in [1.54, 1.807) is 14.2 Å². The molecule has 0 radical (unpaired) electrons. The Kier molecular flexibility index (Phi) is 4.32. The molecule has 1 aromatic carbocycles. The second-order valence-electron chi connectivity index (χ2n) is 4.57. The third-order valence-electron chi connectivity index (χ3n) is 3.62. The first kappa shape index (κ1) is 13.5. The molecule has 1 atom stereocenters. The van der Waals surface area contributed by atoms with Gasteiger partial charge in [0.25, 0.3) is 0 Å². The topological polar surface area (TPSA) is 56.5 Å². The SMILES string of the molecule is COc1cc(C(NN)C2CCC2)cc(Cl)c1OC. The molecular weight excluding hydrogens is 252 g/mol. The molecule has 0 spiro atoms. The molecule has 0 amide bonds. The van der Waals surface area contributed by atoms with E-state index in [0.717, 1.165) is 5.56 Å². The lowest BCUT2D eigenvalue weighted by Crippen LogP contribution is -2.36. The smallest absolute Gasteiger partial charge is 0.179 e. The first-order chi connectivity index (χ1) is 8.71. The number of hydrogen-bond acceptors (Lipinski definition) is 4. The van der Waals surface area contributed by atoms with Gasteiger partial charge in [-0.15, -0.1) is 0 Å². The van der Waals surface area contributed by atoms with Crippen molar-refractivity contribution in [3.05, 3.63) is 22.7 Å². The minimum atomic E-state index is 0.121. The molecule has 0 saturated heterocycles. The third-order valence-corrected chi connectivity index (χ3v) is 3.90. The van der Waals surface area contributed by atoms with E-state index in [1.807, 2.05) is 12.1 Å². The summed E-state index contributed by atoms with van der Waals surface area (Å²) in [5, 5.41) is 0.548. The van der Waals surface area contributed by atoms with Crippen molar-refractivity contribution in [2.75, 3.05) is 14.2 Å². The summed E-state index contributed by atoms with van der Waals surface area (Å²) in [6, 6.07) is 3.95. The van der Waals surface area contributed by atoms with Crippen LogP contribution in [0, 0.1) is 5.92 Å². The minimum Gasteiger partial charge on any atom is -0.493 e. The Balaban J connectivity index is 2.34. The van der Waals surface area contributed by atoms with Gasteiger partial charge in [0, 0.05) is 6.04 Å². The summed E-state index contributed by atoms with van der Waals surface area (Å²) < 4.78 is 10.5. The van der Waals surface area contributed by atoms with E-state index in [1.165, 1.54) is 19.3 Å². The lowest BCUT2D eigenvalue weighted by Gasteiger charge is -2.33. The second kappa shape index (κ2) is 5.78. The molecule has 1 fully saturated rings. The van der Waals surface area contributed by atoms with Crippen molar-refractivity contribution in [3.63, 3.8) is 0 Å². The van der Waals surface area contributed by atoms with Crippen molar-refractivity contribution in [1.82, 2.24) is 5.43 Å². The molecule has 18 heavy (non-hydrogen) atoms. The van der Waals surface area contributed by atoms with E-state index in [-0.39, 0.29) is 6.04 Å². The molecule has 2 rings (SSSR count). The molecule has 3 N–H and O–H groups in total. The first-order valence-corrected chi connectivity index (χ1v) is 6.46. The van der Waals surface area contributed by atoms with Crippen LogP contribution in [0.2, 0.25) is 5.02 Å². The Labute approximate surface area is 112 Å². The van der Waals surface area contributed by atoms with Crippen LogP contribution in [0.15, 0.2) is 12.1 Å². The van der Waals surface area contributed by atoms with Crippen molar-refractivity contribution in [1.29, 1.82) is 0 Å². The number of ether oxygens (including phenoxy) is 2. The lowest BCUT2D eigenvalue weighted by atomic mass is 9.77. The molecule has 0 aliphatic heterocycles. The molecule has 1 saturated carbocycles. The summed E-state index contributed by atoms with van der Waals surface area (Å²) in [6.45, 7) is 0. The normalized spacial score (nSPS) is 17.1. The molecule has 0 heterocycles. The number of hydrazine groups is 1. The fourth-order valence-electron chi connectivity index (χ4n) is 2.40. The predicted molar refractivity (Wildman–Crippen MR) is 72.0 cm³/mol. The Morgan fingerprint density at radius 3 is 2.50 bits per heavy atom. The number of nitrogens with two attached hydrogens (primary N) is 1. The number of halogens is 1. The van der Waals surface area contributed by atoms with Gasteiger partial charge in [0.1, 0.15) is 0 Å². The van der Waals surface area contributed by atoms with E-state index < -0.39 is 0 Å². The summed E-state index contributed by atoms with van der Waals surface area (Å²) in [5.74, 6) is 7.44. The van der Waals surface area contributed by atoms with Crippen LogP contribution in [0.25, 0.3) is 0 Å². The fraction of sp³-hybridized carbons (Fsp3) is 0.538. The van der Waals surface area contributed by atoms with Gasteiger partial charge in [-0.1, -0.05) is 18.0 Å². The van der Waals surface area contributed by atoms with Crippen molar-refractivity contribution < 1.29 is 9.47 Å². The zero-order valence-electron chi connectivity index (χ0n) is 10.7. The van der Waals surface area contributed by atoms with Crippen LogP contribution in [0.5, 0.6) is 11.5 Å². The van der Waals surface area contributed by atoms with Gasteiger partial charge in [0.05, 0.1) is 19.2 Å². The van der Waals surface area contributed by atoms with Gasteiger partial charge < -0.3 is 9.47 Å². The number of nitrogens with one attached hydrogen (secondary N) is 1. The molecule has 0 bridgehead atoms. The summed E-state index contributed by atoms with van der Waals surface area (Å²) in [7, 11) is 3.18. The van der Waals surface area contributed by atoms with Crippen molar-refractivity contribution in [3.8, 4) is 11.5 Å². The standard InChI is InChI=1S/C13H19ClN2O2/c1-17-11-7-9(6-10(14)13(11)18-2)12(16-15)8-4-3-5-8/h6-8,12,16H,3-5,15H2,1-2H3. The molecule has 1 aliphatic carbocycles. The number of hydrogen-bond donors (Lipinski definition) is 2. The summed E-state index contributed by atoms with van der Waals surface area (Å²) >= 11 is 6.21. The van der Waals surface area contributed by atoms with Crippen molar-refractivity contribution >= 4 is 11.6 Å². The molecule has 1 aliphatic rings. The van der Waals surface area contributed by atoms with Gasteiger partial charge in [-0.2, -0.15) is 0 Å². The molecule has 5 heteroatoms. The van der Waals surface area contributed by atoms with E-state index >= 15 is 0 Å². The highest BCUT2D eigenvalue weighted by Crippen LogP contribution is 2.42. The second-order valence-corrected chi connectivity index (χ2v) is 4.98. The Bertz CT molecular complexity index is 422. The van der Waals surface area contributed by atoms with Gasteiger partial charge in [-0.05, 0) is 36.5 Å². The van der Waals surface area contributed by atoms with Crippen LogP contribution < -0.4 is 20.7 Å². The zero-order chi connectivity index (χ0) is 13.1. The lowest BCUT2D eigenvalue weighted by molar-refractivity contribution is 0.231. The average molecular weight is 271 g/mol. The quantitative estimate of drug-likeness (QED) is 0.638. The van der Waals surface area contributed by atoms with Crippen LogP contribution in [0.3, 0.4) is 0 Å². The fourth-order valence-corrected chi connectivity index (χ4v) is 2.69. The van der Waals surface area contributed by atoms with Gasteiger partial charge in [0.15, 0.2) is 11.5 Å². The number of benzene rings is 1. The minimum absolute atomic E-state index is 0.121. The van der Waals surface area contributed by atoms with Crippen LogP contribution in [-0.4, -0.2) is 14.2 Å². The Morgan fingerprint density at radius 1 is 1.33 bits per heavy atom. The highest BCUT2D eigenvalue weighted by Gasteiger charge is 2.29. The Hall–Kier alpha value is -0.970. The Morgan fingerprint density at radius 2 is 2.06 bits per heavy atom. The summed E-state index contributed by atoms with van der Waals surface area (Å²) in [6.07, 6.45) is 3.66. The monoisotopic (exact) mass is 270 g/mol. The highest BCUT2D eigenvalue weighted by atomic mass is 35.5. The maximum absolute atomic E-state index is 6.21.